The first-order valence-electron chi connectivity index (χ1n) is 7.01. The average molecular weight is 334 g/mol. The molecule has 118 valence electrons. The number of aromatic nitrogens is 2. The largest absolute Gasteiger partial charge is 0.380 e. The second-order valence-electron chi connectivity index (χ2n) is 5.82. The molecule has 1 aliphatic rings. The average Bonchev–Trinajstić information content (AvgIpc) is 2.40. The molecule has 1 N–H and O–H groups in total. The third-order valence-electron chi connectivity index (χ3n) is 3.44. The molecule has 0 radical (unpaired) electrons. The predicted molar refractivity (Wildman–Crippen MR) is 83.6 cm³/mol. The lowest BCUT2D eigenvalue weighted by Gasteiger charge is -2.24. The smallest absolute Gasteiger partial charge is 0.287 e. The van der Waals surface area contributed by atoms with Crippen LogP contribution >= 0.6 is 11.6 Å². The van der Waals surface area contributed by atoms with Crippen molar-refractivity contribution in [2.24, 2.45) is 5.92 Å². The van der Waals surface area contributed by atoms with Crippen LogP contribution in [-0.4, -0.2) is 35.7 Å². The van der Waals surface area contributed by atoms with Gasteiger partial charge in [0.05, 0.1) is 23.4 Å². The molecule has 1 aromatic rings. The van der Waals surface area contributed by atoms with Crippen LogP contribution in [0.15, 0.2) is 11.0 Å². The molecule has 21 heavy (non-hydrogen) atoms. The van der Waals surface area contributed by atoms with E-state index < -0.39 is 9.84 Å². The Morgan fingerprint density at radius 3 is 2.62 bits per heavy atom. The van der Waals surface area contributed by atoms with Crippen molar-refractivity contribution in [3.63, 3.8) is 0 Å². The van der Waals surface area contributed by atoms with Gasteiger partial charge >= 0.3 is 0 Å². The predicted octanol–water partition coefficient (Wildman–Crippen LogP) is 1.54. The summed E-state index contributed by atoms with van der Waals surface area (Å²) in [4.78, 5) is 12.1. The molecule has 6 nitrogen and oxygen atoms in total. The fourth-order valence-electron chi connectivity index (χ4n) is 2.30. The van der Waals surface area contributed by atoms with Gasteiger partial charge in [-0.3, -0.25) is 4.79 Å². The number of sulfone groups is 1. The number of hydrogen-bond acceptors (Lipinski definition) is 5. The summed E-state index contributed by atoms with van der Waals surface area (Å²) in [5, 5.41) is 7.36. The van der Waals surface area contributed by atoms with E-state index in [1.807, 2.05) is 13.8 Å². The van der Waals surface area contributed by atoms with E-state index in [-0.39, 0.29) is 28.1 Å². The van der Waals surface area contributed by atoms with Crippen molar-refractivity contribution < 1.29 is 8.42 Å². The highest BCUT2D eigenvalue weighted by Gasteiger charge is 2.24. The number of rotatable bonds is 4. The fourth-order valence-corrected chi connectivity index (χ4v) is 3.99. The summed E-state index contributed by atoms with van der Waals surface area (Å²) in [6.07, 6.45) is 2.58. The van der Waals surface area contributed by atoms with Crippen LogP contribution in [0, 0.1) is 5.92 Å². The minimum absolute atomic E-state index is 0.00757. The minimum Gasteiger partial charge on any atom is -0.380 e. The van der Waals surface area contributed by atoms with Gasteiger partial charge in [0.1, 0.15) is 14.9 Å². The Morgan fingerprint density at radius 1 is 1.43 bits per heavy atom. The Morgan fingerprint density at radius 2 is 2.05 bits per heavy atom. The summed E-state index contributed by atoms with van der Waals surface area (Å²) in [5.41, 5.74) is 0.157. The van der Waals surface area contributed by atoms with Crippen LogP contribution in [0.4, 0.5) is 5.69 Å². The Hall–Kier alpha value is -1.08. The summed E-state index contributed by atoms with van der Waals surface area (Å²) in [5.74, 6) is 0.633. The van der Waals surface area contributed by atoms with Crippen molar-refractivity contribution >= 4 is 27.1 Å². The zero-order chi connectivity index (χ0) is 15.6. The molecule has 0 aromatic carbocycles. The molecule has 1 saturated heterocycles. The van der Waals surface area contributed by atoms with Crippen LogP contribution in [0.1, 0.15) is 26.7 Å². The van der Waals surface area contributed by atoms with Crippen molar-refractivity contribution in [3.8, 4) is 0 Å². The Balaban J connectivity index is 2.11. The third kappa shape index (κ3) is 4.20. The van der Waals surface area contributed by atoms with Crippen LogP contribution in [0.5, 0.6) is 0 Å². The molecule has 1 aromatic heterocycles. The van der Waals surface area contributed by atoms with Gasteiger partial charge in [-0.25, -0.2) is 13.1 Å². The maximum atomic E-state index is 12.1. The first-order chi connectivity index (χ1) is 9.78. The molecule has 2 rings (SSSR count). The minimum atomic E-state index is -2.90. The van der Waals surface area contributed by atoms with Gasteiger partial charge in [-0.15, -0.1) is 0 Å². The summed E-state index contributed by atoms with van der Waals surface area (Å²) in [6, 6.07) is 0.00757. The van der Waals surface area contributed by atoms with Crippen molar-refractivity contribution in [2.75, 3.05) is 16.8 Å². The van der Waals surface area contributed by atoms with Crippen LogP contribution < -0.4 is 10.9 Å². The van der Waals surface area contributed by atoms with Gasteiger partial charge in [0, 0.05) is 12.6 Å². The quantitative estimate of drug-likeness (QED) is 0.904. The SMILES string of the molecule is CC(C)Cn1ncc(NC2CCS(=O)(=O)CC2)c(Cl)c1=O. The van der Waals surface area contributed by atoms with Gasteiger partial charge in [0.2, 0.25) is 0 Å². The highest BCUT2D eigenvalue weighted by molar-refractivity contribution is 7.91. The molecular weight excluding hydrogens is 314 g/mol. The lowest BCUT2D eigenvalue weighted by molar-refractivity contribution is 0.464. The highest BCUT2D eigenvalue weighted by Crippen LogP contribution is 2.21. The van der Waals surface area contributed by atoms with Crippen molar-refractivity contribution in [2.45, 2.75) is 39.3 Å². The lowest BCUT2D eigenvalue weighted by atomic mass is 10.1. The molecule has 0 aliphatic carbocycles. The molecule has 0 unspecified atom stereocenters. The van der Waals surface area contributed by atoms with E-state index in [1.165, 1.54) is 10.9 Å². The second kappa shape index (κ2) is 6.36. The molecule has 8 heteroatoms. The van der Waals surface area contributed by atoms with Crippen LogP contribution in [0.3, 0.4) is 0 Å². The molecule has 1 aliphatic heterocycles. The van der Waals surface area contributed by atoms with Crippen LogP contribution in [-0.2, 0) is 16.4 Å². The number of nitrogens with one attached hydrogen (secondary N) is 1. The molecule has 0 spiro atoms. The maximum Gasteiger partial charge on any atom is 0.287 e. The van der Waals surface area contributed by atoms with Gasteiger partial charge in [-0.2, -0.15) is 5.10 Å². The Labute approximate surface area is 129 Å². The van der Waals surface area contributed by atoms with Crippen LogP contribution in [0.25, 0.3) is 0 Å². The van der Waals surface area contributed by atoms with Crippen molar-refractivity contribution in [1.82, 2.24) is 9.78 Å². The van der Waals surface area contributed by atoms with E-state index in [4.69, 9.17) is 11.6 Å². The molecular formula is C13H20ClN3O3S. The van der Waals surface area contributed by atoms with Crippen molar-refractivity contribution in [1.29, 1.82) is 0 Å². The Kier molecular flexibility index (Phi) is 4.93. The van der Waals surface area contributed by atoms with E-state index in [9.17, 15) is 13.2 Å². The molecule has 1 fully saturated rings. The number of anilines is 1. The molecule has 2 heterocycles. The number of nitrogens with zero attached hydrogens (tertiary/aromatic N) is 2. The van der Waals surface area contributed by atoms with Gasteiger partial charge < -0.3 is 5.32 Å². The zero-order valence-electron chi connectivity index (χ0n) is 12.2. The van der Waals surface area contributed by atoms with Crippen molar-refractivity contribution in [3.05, 3.63) is 21.6 Å². The monoisotopic (exact) mass is 333 g/mol. The summed E-state index contributed by atoms with van der Waals surface area (Å²) >= 11 is 6.10. The van der Waals surface area contributed by atoms with Crippen LogP contribution in [0.2, 0.25) is 5.02 Å². The standard InChI is InChI=1S/C13H20ClN3O3S/c1-9(2)8-17-13(18)12(14)11(7-15-17)16-10-3-5-21(19,20)6-4-10/h7,9-10,16H,3-6,8H2,1-2H3. The van der Waals surface area contributed by atoms with Gasteiger partial charge in [0.15, 0.2) is 0 Å². The van der Waals surface area contributed by atoms with E-state index in [1.54, 1.807) is 0 Å². The second-order valence-corrected chi connectivity index (χ2v) is 8.51. The number of halogens is 1. The van der Waals surface area contributed by atoms with E-state index in [2.05, 4.69) is 10.4 Å². The highest BCUT2D eigenvalue weighted by atomic mass is 35.5. The number of hydrogen-bond donors (Lipinski definition) is 1. The fraction of sp³-hybridized carbons (Fsp3) is 0.692. The van der Waals surface area contributed by atoms with Gasteiger partial charge in [-0.1, -0.05) is 25.4 Å². The topological polar surface area (TPSA) is 81.1 Å². The van der Waals surface area contributed by atoms with E-state index in [0.29, 0.717) is 31.0 Å². The maximum absolute atomic E-state index is 12.1. The summed E-state index contributed by atoms with van der Waals surface area (Å²) in [6.45, 7) is 4.51. The zero-order valence-corrected chi connectivity index (χ0v) is 13.7. The Bertz CT molecular complexity index is 656. The molecule has 0 atom stereocenters. The molecule has 0 amide bonds. The summed E-state index contributed by atoms with van der Waals surface area (Å²) in [7, 11) is -2.90. The summed E-state index contributed by atoms with van der Waals surface area (Å²) < 4.78 is 24.1. The normalized spacial score (nSPS) is 18.9. The lowest BCUT2D eigenvalue weighted by Crippen LogP contribution is -2.33. The first-order valence-corrected chi connectivity index (χ1v) is 9.21. The molecule has 0 bridgehead atoms. The first kappa shape index (κ1) is 16.3. The van der Waals surface area contributed by atoms with Gasteiger partial charge in [0.25, 0.3) is 5.56 Å². The van der Waals surface area contributed by atoms with E-state index >= 15 is 0 Å². The molecule has 0 saturated carbocycles. The van der Waals surface area contributed by atoms with Gasteiger partial charge in [-0.05, 0) is 18.8 Å². The van der Waals surface area contributed by atoms with E-state index in [0.717, 1.165) is 0 Å². The third-order valence-corrected chi connectivity index (χ3v) is 5.52.